The standard InChI is InChI=1S/C9H18F2S2/c1-6(2)8(5-9(10)11)13-12-7(3)4/h6-9H,5H2,1-4H3/t8-/m0/s1. The predicted octanol–water partition coefficient (Wildman–Crippen LogP) is 4.46. The molecule has 0 aliphatic heterocycles. The van der Waals surface area contributed by atoms with Crippen molar-refractivity contribution in [1.29, 1.82) is 0 Å². The van der Waals surface area contributed by atoms with E-state index in [4.69, 9.17) is 0 Å². The third-order valence-electron chi connectivity index (χ3n) is 1.53. The highest BCUT2D eigenvalue weighted by Gasteiger charge is 2.19. The van der Waals surface area contributed by atoms with Crippen molar-refractivity contribution in [3.8, 4) is 0 Å². The van der Waals surface area contributed by atoms with Gasteiger partial charge in [-0.3, -0.25) is 0 Å². The topological polar surface area (TPSA) is 0 Å². The van der Waals surface area contributed by atoms with Gasteiger partial charge in [0.25, 0.3) is 0 Å². The molecular weight excluding hydrogens is 210 g/mol. The van der Waals surface area contributed by atoms with Crippen molar-refractivity contribution in [2.45, 2.75) is 51.0 Å². The molecule has 0 unspecified atom stereocenters. The fourth-order valence-electron chi connectivity index (χ4n) is 0.781. The van der Waals surface area contributed by atoms with E-state index in [9.17, 15) is 8.78 Å². The van der Waals surface area contributed by atoms with Gasteiger partial charge in [-0.15, -0.1) is 0 Å². The molecule has 0 saturated carbocycles. The third kappa shape index (κ3) is 7.62. The summed E-state index contributed by atoms with van der Waals surface area (Å²) in [6.07, 6.45) is -2.16. The van der Waals surface area contributed by atoms with E-state index in [1.165, 1.54) is 0 Å². The molecule has 0 nitrogen and oxygen atoms in total. The monoisotopic (exact) mass is 228 g/mol. The first kappa shape index (κ1) is 13.6. The molecule has 0 fully saturated rings. The Hall–Kier alpha value is 0.560. The quantitative estimate of drug-likeness (QED) is 0.616. The summed E-state index contributed by atoms with van der Waals surface area (Å²) in [5.41, 5.74) is 0. The zero-order chi connectivity index (χ0) is 10.4. The van der Waals surface area contributed by atoms with Crippen molar-refractivity contribution in [1.82, 2.24) is 0 Å². The van der Waals surface area contributed by atoms with E-state index in [-0.39, 0.29) is 11.7 Å². The van der Waals surface area contributed by atoms with E-state index in [1.54, 1.807) is 21.6 Å². The van der Waals surface area contributed by atoms with Gasteiger partial charge in [-0.2, -0.15) is 0 Å². The third-order valence-corrected chi connectivity index (χ3v) is 5.24. The van der Waals surface area contributed by atoms with Crippen LogP contribution < -0.4 is 0 Å². The summed E-state index contributed by atoms with van der Waals surface area (Å²) in [7, 11) is 3.30. The van der Waals surface area contributed by atoms with E-state index < -0.39 is 6.43 Å². The predicted molar refractivity (Wildman–Crippen MR) is 59.6 cm³/mol. The molecule has 0 spiro atoms. The molecule has 80 valence electrons. The van der Waals surface area contributed by atoms with Gasteiger partial charge in [0.2, 0.25) is 6.43 Å². The van der Waals surface area contributed by atoms with Gasteiger partial charge < -0.3 is 0 Å². The van der Waals surface area contributed by atoms with Gasteiger partial charge in [-0.1, -0.05) is 49.3 Å². The molecule has 0 aromatic heterocycles. The van der Waals surface area contributed by atoms with Gasteiger partial charge in [-0.25, -0.2) is 8.78 Å². The van der Waals surface area contributed by atoms with Crippen LogP contribution in [0.4, 0.5) is 8.78 Å². The van der Waals surface area contributed by atoms with Crippen LogP contribution in [0.25, 0.3) is 0 Å². The molecule has 1 atom stereocenters. The van der Waals surface area contributed by atoms with Crippen LogP contribution in [0.1, 0.15) is 34.1 Å². The van der Waals surface area contributed by atoms with E-state index in [0.717, 1.165) is 0 Å². The lowest BCUT2D eigenvalue weighted by molar-refractivity contribution is 0.132. The summed E-state index contributed by atoms with van der Waals surface area (Å²) in [5, 5.41) is 0.580. The molecule has 0 N–H and O–H groups in total. The lowest BCUT2D eigenvalue weighted by Gasteiger charge is -2.19. The Kier molecular flexibility index (Phi) is 7.23. The van der Waals surface area contributed by atoms with E-state index >= 15 is 0 Å². The number of alkyl halides is 2. The average Bonchev–Trinajstić information content (AvgIpc) is 1.96. The van der Waals surface area contributed by atoms with E-state index in [0.29, 0.717) is 11.2 Å². The Morgan fingerprint density at radius 1 is 1.00 bits per heavy atom. The molecule has 0 aliphatic carbocycles. The van der Waals surface area contributed by atoms with E-state index in [1.807, 2.05) is 13.8 Å². The molecule has 4 heteroatoms. The molecule has 0 amide bonds. The lowest BCUT2D eigenvalue weighted by atomic mass is 10.1. The average molecular weight is 228 g/mol. The highest BCUT2D eigenvalue weighted by atomic mass is 33.1. The Morgan fingerprint density at radius 2 is 1.54 bits per heavy atom. The van der Waals surface area contributed by atoms with Crippen molar-refractivity contribution >= 4 is 21.6 Å². The highest BCUT2D eigenvalue weighted by Crippen LogP contribution is 2.37. The molecule has 0 aromatic rings. The lowest BCUT2D eigenvalue weighted by Crippen LogP contribution is -2.14. The van der Waals surface area contributed by atoms with Crippen LogP contribution in [-0.4, -0.2) is 16.9 Å². The second-order valence-electron chi connectivity index (χ2n) is 3.65. The Labute approximate surface area is 87.6 Å². The van der Waals surface area contributed by atoms with Gasteiger partial charge in [0.15, 0.2) is 0 Å². The summed E-state index contributed by atoms with van der Waals surface area (Å²) in [6.45, 7) is 8.16. The first-order valence-corrected chi connectivity index (χ1v) is 6.81. The van der Waals surface area contributed by atoms with Gasteiger partial charge >= 0.3 is 0 Å². The van der Waals surface area contributed by atoms with Crippen molar-refractivity contribution < 1.29 is 8.78 Å². The normalized spacial score (nSPS) is 14.5. The molecule has 0 heterocycles. The minimum atomic E-state index is -2.17. The molecule has 0 radical (unpaired) electrons. The van der Waals surface area contributed by atoms with Crippen LogP contribution in [0.2, 0.25) is 0 Å². The maximum atomic E-state index is 12.1. The zero-order valence-corrected chi connectivity index (χ0v) is 10.2. The molecular formula is C9H18F2S2. The van der Waals surface area contributed by atoms with Gasteiger partial charge in [0, 0.05) is 16.9 Å². The zero-order valence-electron chi connectivity index (χ0n) is 8.59. The summed E-state index contributed by atoms with van der Waals surface area (Å²) < 4.78 is 24.3. The smallest absolute Gasteiger partial charge is 0.210 e. The largest absolute Gasteiger partial charge is 0.239 e. The fraction of sp³-hybridized carbons (Fsp3) is 1.00. The minimum absolute atomic E-state index is 0.0159. The SMILES string of the molecule is CC(C)SS[C@@H](CC(F)F)C(C)C. The molecule has 0 saturated heterocycles. The first-order chi connectivity index (χ1) is 5.93. The van der Waals surface area contributed by atoms with Crippen molar-refractivity contribution in [3.63, 3.8) is 0 Å². The fourth-order valence-corrected chi connectivity index (χ4v) is 3.59. The van der Waals surface area contributed by atoms with Crippen LogP contribution in [0.15, 0.2) is 0 Å². The van der Waals surface area contributed by atoms with Gasteiger partial charge in [-0.05, 0) is 5.92 Å². The maximum Gasteiger partial charge on any atom is 0.239 e. The van der Waals surface area contributed by atoms with Gasteiger partial charge in [0.1, 0.15) is 0 Å². The number of halogens is 2. The van der Waals surface area contributed by atoms with Crippen LogP contribution in [-0.2, 0) is 0 Å². The highest BCUT2D eigenvalue weighted by molar-refractivity contribution is 8.77. The molecule has 0 aliphatic rings. The van der Waals surface area contributed by atoms with Crippen LogP contribution in [0, 0.1) is 5.92 Å². The summed E-state index contributed by atoms with van der Waals surface area (Å²) in [5.74, 6) is 0.324. The second kappa shape index (κ2) is 6.93. The van der Waals surface area contributed by atoms with Crippen molar-refractivity contribution in [2.24, 2.45) is 5.92 Å². The first-order valence-electron chi connectivity index (χ1n) is 4.53. The molecule has 0 bridgehead atoms. The summed E-state index contributed by atoms with van der Waals surface area (Å²) in [4.78, 5) is 0. The molecule has 13 heavy (non-hydrogen) atoms. The Morgan fingerprint density at radius 3 is 1.85 bits per heavy atom. The van der Waals surface area contributed by atoms with Crippen molar-refractivity contribution in [3.05, 3.63) is 0 Å². The maximum absolute atomic E-state index is 12.1. The second-order valence-corrected chi connectivity index (χ2v) is 6.74. The number of hydrogen-bond acceptors (Lipinski definition) is 2. The number of hydrogen-bond donors (Lipinski definition) is 0. The van der Waals surface area contributed by atoms with Crippen LogP contribution in [0.3, 0.4) is 0 Å². The van der Waals surface area contributed by atoms with Gasteiger partial charge in [0.05, 0.1) is 0 Å². The summed E-state index contributed by atoms with van der Waals surface area (Å²) >= 11 is 0. The molecule has 0 rings (SSSR count). The van der Waals surface area contributed by atoms with Crippen molar-refractivity contribution in [2.75, 3.05) is 0 Å². The molecule has 0 aromatic carbocycles. The van der Waals surface area contributed by atoms with E-state index in [2.05, 4.69) is 13.8 Å². The van der Waals surface area contributed by atoms with Crippen LogP contribution >= 0.6 is 21.6 Å². The Balaban J connectivity index is 3.81. The Bertz CT molecular complexity index is 127. The number of rotatable bonds is 6. The summed E-state index contributed by atoms with van der Waals surface area (Å²) in [6, 6.07) is 0. The van der Waals surface area contributed by atoms with Crippen LogP contribution in [0.5, 0.6) is 0 Å². The minimum Gasteiger partial charge on any atom is -0.210 e.